The molecule has 4 N–H and O–H groups in total. The second kappa shape index (κ2) is 8.81. The van der Waals surface area contributed by atoms with Gasteiger partial charge in [0, 0.05) is 69.3 Å². The van der Waals surface area contributed by atoms with E-state index in [4.69, 9.17) is 5.73 Å². The molecule has 0 aliphatic carbocycles. The Morgan fingerprint density at radius 3 is 2.75 bits per heavy atom. The zero-order valence-electron chi connectivity index (χ0n) is 16.2. The molecule has 2 fully saturated rings. The third kappa shape index (κ3) is 4.40. The second-order valence-corrected chi connectivity index (χ2v) is 7.60. The van der Waals surface area contributed by atoms with Crippen LogP contribution in [0.5, 0.6) is 0 Å². The van der Waals surface area contributed by atoms with Gasteiger partial charge in [-0.3, -0.25) is 9.69 Å². The summed E-state index contributed by atoms with van der Waals surface area (Å²) in [6.45, 7) is 7.44. The maximum Gasteiger partial charge on any atom is 0.251 e. The quantitative estimate of drug-likeness (QED) is 0.678. The van der Waals surface area contributed by atoms with E-state index in [1.165, 1.54) is 0 Å². The van der Waals surface area contributed by atoms with E-state index >= 15 is 0 Å². The average molecular weight is 384 g/mol. The number of nitrogens with one attached hydrogen (secondary N) is 2. The minimum absolute atomic E-state index is 0.0545. The summed E-state index contributed by atoms with van der Waals surface area (Å²) in [4.78, 5) is 26.1. The summed E-state index contributed by atoms with van der Waals surface area (Å²) in [5, 5.41) is 7.34. The Hall–Kier alpha value is -2.29. The maximum absolute atomic E-state index is 12.5. The summed E-state index contributed by atoms with van der Waals surface area (Å²) in [6, 6.07) is 5.96. The van der Waals surface area contributed by atoms with Gasteiger partial charge in [-0.05, 0) is 31.0 Å². The van der Waals surface area contributed by atoms with E-state index in [1.807, 2.05) is 18.2 Å². The zero-order valence-corrected chi connectivity index (χ0v) is 16.2. The van der Waals surface area contributed by atoms with E-state index in [-0.39, 0.29) is 11.9 Å². The van der Waals surface area contributed by atoms with Gasteiger partial charge in [-0.1, -0.05) is 0 Å². The largest absolute Gasteiger partial charge is 0.356 e. The van der Waals surface area contributed by atoms with Crippen molar-refractivity contribution in [2.45, 2.75) is 18.9 Å². The molecular weight excluding hydrogens is 354 g/mol. The normalized spacial score (nSPS) is 19.1. The molecule has 0 bridgehead atoms. The SMILES string of the molecule is NC1CCN(c2ncnc3cc(C(=O)NCCN4CCNCC4)ccc23)CC1. The molecule has 2 aromatic rings. The first-order valence-corrected chi connectivity index (χ1v) is 10.2. The predicted octanol–water partition coefficient (Wildman–Crippen LogP) is 0.192. The molecule has 8 nitrogen and oxygen atoms in total. The van der Waals surface area contributed by atoms with E-state index in [0.717, 1.165) is 75.4 Å². The van der Waals surface area contributed by atoms with Crippen LogP contribution < -0.4 is 21.3 Å². The molecule has 8 heteroatoms. The van der Waals surface area contributed by atoms with Gasteiger partial charge in [0.15, 0.2) is 0 Å². The van der Waals surface area contributed by atoms with Crippen LogP contribution in [0.25, 0.3) is 10.9 Å². The number of nitrogens with two attached hydrogens (primary N) is 1. The van der Waals surface area contributed by atoms with Crippen LogP contribution in [0.2, 0.25) is 0 Å². The molecule has 2 aliphatic heterocycles. The van der Waals surface area contributed by atoms with Crippen molar-refractivity contribution in [3.05, 3.63) is 30.1 Å². The molecule has 1 amide bonds. The van der Waals surface area contributed by atoms with Crippen LogP contribution in [0, 0.1) is 0 Å². The van der Waals surface area contributed by atoms with Crippen molar-refractivity contribution in [2.75, 3.05) is 57.3 Å². The third-order valence-electron chi connectivity index (χ3n) is 5.64. The number of nitrogens with zero attached hydrogens (tertiary/aromatic N) is 4. The number of amides is 1. The summed E-state index contributed by atoms with van der Waals surface area (Å²) in [6.07, 6.45) is 3.52. The summed E-state index contributed by atoms with van der Waals surface area (Å²) in [5.41, 5.74) is 7.46. The molecule has 4 rings (SSSR count). The molecule has 0 unspecified atom stereocenters. The molecule has 1 aromatic carbocycles. The Labute approximate surface area is 165 Å². The summed E-state index contributed by atoms with van der Waals surface area (Å²) >= 11 is 0. The topological polar surface area (TPSA) is 99.4 Å². The number of piperazine rings is 1. The van der Waals surface area contributed by atoms with E-state index in [1.54, 1.807) is 6.33 Å². The monoisotopic (exact) mass is 383 g/mol. The molecule has 0 saturated carbocycles. The van der Waals surface area contributed by atoms with Crippen molar-refractivity contribution < 1.29 is 4.79 Å². The number of carbonyl (C=O) groups excluding carboxylic acids is 1. The molecule has 2 aliphatic rings. The summed E-state index contributed by atoms with van der Waals surface area (Å²) in [5.74, 6) is 0.878. The van der Waals surface area contributed by atoms with E-state index in [2.05, 4.69) is 30.4 Å². The van der Waals surface area contributed by atoms with Gasteiger partial charge in [-0.2, -0.15) is 0 Å². The highest BCUT2D eigenvalue weighted by atomic mass is 16.1. The lowest BCUT2D eigenvalue weighted by molar-refractivity contribution is 0.0947. The highest BCUT2D eigenvalue weighted by molar-refractivity contribution is 5.99. The molecule has 0 atom stereocenters. The molecule has 0 radical (unpaired) electrons. The van der Waals surface area contributed by atoms with Gasteiger partial charge in [0.1, 0.15) is 12.1 Å². The van der Waals surface area contributed by atoms with Crippen LogP contribution in [0.1, 0.15) is 23.2 Å². The van der Waals surface area contributed by atoms with E-state index < -0.39 is 0 Å². The van der Waals surface area contributed by atoms with Crippen molar-refractivity contribution in [1.82, 2.24) is 25.5 Å². The fraction of sp³-hybridized carbons (Fsp3) is 0.550. The van der Waals surface area contributed by atoms with Crippen LogP contribution >= 0.6 is 0 Å². The minimum Gasteiger partial charge on any atom is -0.356 e. The lowest BCUT2D eigenvalue weighted by Gasteiger charge is -2.31. The van der Waals surface area contributed by atoms with Crippen molar-refractivity contribution in [3.8, 4) is 0 Å². The molecule has 2 saturated heterocycles. The van der Waals surface area contributed by atoms with Crippen LogP contribution in [0.15, 0.2) is 24.5 Å². The number of benzene rings is 1. The van der Waals surface area contributed by atoms with Crippen LogP contribution in [-0.4, -0.2) is 79.2 Å². The first kappa shape index (κ1) is 19.0. The lowest BCUT2D eigenvalue weighted by atomic mass is 10.1. The molecular formula is C20H29N7O. The van der Waals surface area contributed by atoms with Gasteiger partial charge in [0.05, 0.1) is 5.52 Å². The average Bonchev–Trinajstić information content (AvgIpc) is 2.74. The van der Waals surface area contributed by atoms with Crippen LogP contribution in [0.4, 0.5) is 5.82 Å². The van der Waals surface area contributed by atoms with Crippen molar-refractivity contribution in [1.29, 1.82) is 0 Å². The Morgan fingerprint density at radius 2 is 1.96 bits per heavy atom. The smallest absolute Gasteiger partial charge is 0.251 e. The molecule has 3 heterocycles. The van der Waals surface area contributed by atoms with Gasteiger partial charge in [0.2, 0.25) is 0 Å². The number of piperidine rings is 1. The first-order chi connectivity index (χ1) is 13.7. The first-order valence-electron chi connectivity index (χ1n) is 10.2. The number of aromatic nitrogens is 2. The number of hydrogen-bond donors (Lipinski definition) is 3. The Morgan fingerprint density at radius 1 is 1.18 bits per heavy atom. The van der Waals surface area contributed by atoms with Gasteiger partial charge >= 0.3 is 0 Å². The highest BCUT2D eigenvalue weighted by Crippen LogP contribution is 2.26. The number of hydrogen-bond acceptors (Lipinski definition) is 7. The fourth-order valence-corrected chi connectivity index (χ4v) is 3.91. The summed E-state index contributed by atoms with van der Waals surface area (Å²) < 4.78 is 0. The third-order valence-corrected chi connectivity index (χ3v) is 5.64. The van der Waals surface area contributed by atoms with Crippen molar-refractivity contribution in [2.24, 2.45) is 5.73 Å². The maximum atomic E-state index is 12.5. The van der Waals surface area contributed by atoms with Crippen molar-refractivity contribution >= 4 is 22.6 Å². The van der Waals surface area contributed by atoms with Gasteiger partial charge < -0.3 is 21.3 Å². The standard InChI is InChI=1S/C20H29N7O/c21-16-3-8-27(9-4-16)19-17-2-1-15(13-18(17)24-14-25-19)20(28)23-7-12-26-10-5-22-6-11-26/h1-2,13-14,16,22H,3-12,21H2,(H,23,28). The van der Waals surface area contributed by atoms with Gasteiger partial charge in [-0.25, -0.2) is 9.97 Å². The highest BCUT2D eigenvalue weighted by Gasteiger charge is 2.20. The minimum atomic E-state index is -0.0545. The Bertz CT molecular complexity index is 813. The van der Waals surface area contributed by atoms with Gasteiger partial charge in [0.25, 0.3) is 5.91 Å². The Kier molecular flexibility index (Phi) is 5.99. The van der Waals surface area contributed by atoms with Crippen molar-refractivity contribution in [3.63, 3.8) is 0 Å². The number of carbonyl (C=O) groups is 1. The second-order valence-electron chi connectivity index (χ2n) is 7.60. The summed E-state index contributed by atoms with van der Waals surface area (Å²) in [7, 11) is 0. The predicted molar refractivity (Wildman–Crippen MR) is 111 cm³/mol. The van der Waals surface area contributed by atoms with Gasteiger partial charge in [-0.15, -0.1) is 0 Å². The number of anilines is 1. The fourth-order valence-electron chi connectivity index (χ4n) is 3.91. The lowest BCUT2D eigenvalue weighted by Crippen LogP contribution is -2.46. The number of fused-ring (bicyclic) bond motifs is 1. The molecule has 28 heavy (non-hydrogen) atoms. The zero-order chi connectivity index (χ0) is 19.3. The van der Waals surface area contributed by atoms with Crippen LogP contribution in [-0.2, 0) is 0 Å². The van der Waals surface area contributed by atoms with E-state index in [9.17, 15) is 4.79 Å². The molecule has 1 aromatic heterocycles. The Balaban J connectivity index is 1.42. The van der Waals surface area contributed by atoms with E-state index in [0.29, 0.717) is 12.1 Å². The molecule has 150 valence electrons. The number of rotatable bonds is 5. The molecule has 0 spiro atoms. The van der Waals surface area contributed by atoms with Crippen LogP contribution in [0.3, 0.4) is 0 Å².